The number of carbonyl (C=O) groups excluding carboxylic acids is 1. The van der Waals surface area contributed by atoms with Crippen LogP contribution in [-0.4, -0.2) is 47.7 Å². The number of methoxy groups -OCH3 is 1. The molecule has 2 aromatic rings. The van der Waals surface area contributed by atoms with Gasteiger partial charge in [-0.15, -0.1) is 0 Å². The highest BCUT2D eigenvalue weighted by atomic mass is 19.1. The summed E-state index contributed by atoms with van der Waals surface area (Å²) in [6, 6.07) is 4.47. The molecule has 1 heterocycles. The summed E-state index contributed by atoms with van der Waals surface area (Å²) in [7, 11) is 3.52. The van der Waals surface area contributed by atoms with Crippen molar-refractivity contribution in [3.8, 4) is 5.75 Å². The molecule has 1 unspecified atom stereocenters. The highest BCUT2D eigenvalue weighted by molar-refractivity contribution is 5.87. The number of nitrogens with one attached hydrogen (secondary N) is 1. The lowest BCUT2D eigenvalue weighted by Gasteiger charge is -2.23. The number of halogens is 1. The number of hydrogen-bond donors (Lipinski definition) is 4. The van der Waals surface area contributed by atoms with Gasteiger partial charge >= 0.3 is 0 Å². The van der Waals surface area contributed by atoms with Crippen LogP contribution in [0.5, 0.6) is 5.75 Å². The Morgan fingerprint density at radius 3 is 2.66 bits per heavy atom. The van der Waals surface area contributed by atoms with E-state index < -0.39 is 11.6 Å². The Kier molecular flexibility index (Phi) is 11.1. The first-order chi connectivity index (χ1) is 15.1. The number of unbranched alkanes of at least 4 members (excludes halogenated alkanes) is 1. The van der Waals surface area contributed by atoms with E-state index in [9.17, 15) is 14.3 Å². The Hall–Kier alpha value is -3.26. The largest absolute Gasteiger partial charge is 0.504 e. The number of anilines is 1. The van der Waals surface area contributed by atoms with Crippen LogP contribution in [0.3, 0.4) is 0 Å². The highest BCUT2D eigenvalue weighted by Gasteiger charge is 2.12. The smallest absolute Gasteiger partial charge is 0.245 e. The number of ether oxygens (including phenoxy) is 1. The quantitative estimate of drug-likeness (QED) is 0.342. The zero-order valence-electron chi connectivity index (χ0n) is 19.3. The van der Waals surface area contributed by atoms with Gasteiger partial charge < -0.3 is 31.2 Å². The standard InChI is InChI=1S/C13H14FN3O.C11H21NO2/c1-7-6-17-13(16)9(7)5-11(15)8-3-2-4-10(14)12(8)18;1-5-11(13)12(3)10(2)8-6-7-9-14-4/h2-6,17-18H,15-16H2,1H3;5,10H,1,6-9H2,2-4H3/b11-5-;. The molecular formula is C24H35FN4O3. The van der Waals surface area contributed by atoms with Crippen LogP contribution < -0.4 is 11.5 Å². The van der Waals surface area contributed by atoms with Crippen LogP contribution in [0.1, 0.15) is 42.9 Å². The van der Waals surface area contributed by atoms with Crippen molar-refractivity contribution in [2.75, 3.05) is 26.5 Å². The number of rotatable bonds is 9. The topological polar surface area (TPSA) is 118 Å². The summed E-state index contributed by atoms with van der Waals surface area (Å²) in [6.45, 7) is 8.18. The predicted octanol–water partition coefficient (Wildman–Crippen LogP) is 4.04. The minimum atomic E-state index is -0.706. The van der Waals surface area contributed by atoms with Gasteiger partial charge in [-0.1, -0.05) is 12.6 Å². The number of benzene rings is 1. The van der Waals surface area contributed by atoms with Crippen LogP contribution in [0.15, 0.2) is 37.1 Å². The lowest BCUT2D eigenvalue weighted by Crippen LogP contribution is -2.33. The number of nitrogens with two attached hydrogens (primary N) is 2. The molecule has 0 aliphatic heterocycles. The van der Waals surface area contributed by atoms with Gasteiger partial charge in [0, 0.05) is 49.8 Å². The number of amides is 1. The van der Waals surface area contributed by atoms with Crippen LogP contribution in [-0.2, 0) is 9.53 Å². The number of carbonyl (C=O) groups is 1. The van der Waals surface area contributed by atoms with Gasteiger partial charge in [-0.25, -0.2) is 4.39 Å². The first kappa shape index (κ1) is 26.8. The second-order valence-corrected chi connectivity index (χ2v) is 7.53. The van der Waals surface area contributed by atoms with Gasteiger partial charge in [-0.05, 0) is 63.0 Å². The minimum absolute atomic E-state index is 0.00996. The predicted molar refractivity (Wildman–Crippen MR) is 128 cm³/mol. The molecule has 0 spiro atoms. The first-order valence-electron chi connectivity index (χ1n) is 10.4. The molecule has 0 aliphatic rings. The molecule has 0 radical (unpaired) electrons. The van der Waals surface area contributed by atoms with Crippen LogP contribution in [0, 0.1) is 12.7 Å². The summed E-state index contributed by atoms with van der Waals surface area (Å²) < 4.78 is 18.2. The number of aromatic hydroxyl groups is 1. The number of aromatic amines is 1. The number of H-pyrrole nitrogens is 1. The Balaban J connectivity index is 0.000000333. The van der Waals surface area contributed by atoms with Gasteiger partial charge in [-0.3, -0.25) is 4.79 Å². The van der Waals surface area contributed by atoms with Crippen molar-refractivity contribution < 1.29 is 19.0 Å². The lowest BCUT2D eigenvalue weighted by molar-refractivity contribution is -0.126. The van der Waals surface area contributed by atoms with E-state index in [1.54, 1.807) is 30.3 Å². The number of aromatic nitrogens is 1. The Labute approximate surface area is 189 Å². The van der Waals surface area contributed by atoms with E-state index in [0.29, 0.717) is 5.82 Å². The normalized spacial score (nSPS) is 12.0. The molecule has 1 aromatic carbocycles. The summed E-state index contributed by atoms with van der Waals surface area (Å²) >= 11 is 0. The molecule has 176 valence electrons. The zero-order chi connectivity index (χ0) is 24.3. The maximum Gasteiger partial charge on any atom is 0.245 e. The SMILES string of the molecule is C=CC(=O)N(C)C(C)CCCCOC.Cc1c[nH]c(N)c1/C=C(\N)c1cccc(F)c1O. The average molecular weight is 447 g/mol. The lowest BCUT2D eigenvalue weighted by atomic mass is 10.1. The number of aryl methyl sites for hydroxylation is 1. The summed E-state index contributed by atoms with van der Waals surface area (Å²) in [6.07, 6.45) is 7.86. The fourth-order valence-electron chi connectivity index (χ4n) is 2.97. The summed E-state index contributed by atoms with van der Waals surface area (Å²) in [5, 5.41) is 9.60. The molecule has 8 heteroatoms. The van der Waals surface area contributed by atoms with Crippen molar-refractivity contribution in [1.29, 1.82) is 0 Å². The van der Waals surface area contributed by atoms with E-state index in [0.717, 1.165) is 37.0 Å². The van der Waals surface area contributed by atoms with Gasteiger partial charge in [0.2, 0.25) is 5.91 Å². The Morgan fingerprint density at radius 2 is 2.09 bits per heavy atom. The van der Waals surface area contributed by atoms with E-state index in [2.05, 4.69) is 11.6 Å². The molecule has 32 heavy (non-hydrogen) atoms. The molecular weight excluding hydrogens is 411 g/mol. The van der Waals surface area contributed by atoms with E-state index >= 15 is 0 Å². The molecule has 6 N–H and O–H groups in total. The van der Waals surface area contributed by atoms with Crippen LogP contribution in [0.25, 0.3) is 11.8 Å². The number of hydrogen-bond acceptors (Lipinski definition) is 5. The van der Waals surface area contributed by atoms with Gasteiger partial charge in [-0.2, -0.15) is 0 Å². The van der Waals surface area contributed by atoms with E-state index in [4.69, 9.17) is 16.2 Å². The Morgan fingerprint density at radius 1 is 1.41 bits per heavy atom. The average Bonchev–Trinajstić information content (AvgIpc) is 3.09. The van der Waals surface area contributed by atoms with Gasteiger partial charge in [0.1, 0.15) is 5.82 Å². The second kappa shape index (κ2) is 13.2. The number of phenolic OH excluding ortho intramolecular Hbond substituents is 1. The van der Waals surface area contributed by atoms with Gasteiger partial charge in [0.25, 0.3) is 0 Å². The maximum atomic E-state index is 13.2. The van der Waals surface area contributed by atoms with Gasteiger partial charge in [0.05, 0.1) is 0 Å². The third kappa shape index (κ3) is 7.77. The fourth-order valence-corrected chi connectivity index (χ4v) is 2.97. The van der Waals surface area contributed by atoms with Crippen molar-refractivity contribution >= 4 is 23.5 Å². The number of nitrogen functional groups attached to an aromatic ring is 1. The number of phenols is 1. The molecule has 0 aliphatic carbocycles. The third-order valence-electron chi connectivity index (χ3n) is 5.16. The van der Waals surface area contributed by atoms with E-state index in [1.807, 2.05) is 20.9 Å². The van der Waals surface area contributed by atoms with Crippen molar-refractivity contribution in [2.45, 2.75) is 39.2 Å². The molecule has 1 amide bonds. The number of nitrogens with zero attached hydrogens (tertiary/aromatic N) is 1. The third-order valence-corrected chi connectivity index (χ3v) is 5.16. The molecule has 0 saturated carbocycles. The first-order valence-corrected chi connectivity index (χ1v) is 10.4. The summed E-state index contributed by atoms with van der Waals surface area (Å²) in [5.41, 5.74) is 13.8. The molecule has 0 fully saturated rings. The molecule has 0 bridgehead atoms. The van der Waals surface area contributed by atoms with Crippen molar-refractivity contribution in [2.24, 2.45) is 5.73 Å². The fraction of sp³-hybridized carbons (Fsp3) is 0.375. The minimum Gasteiger partial charge on any atom is -0.504 e. The molecule has 0 saturated heterocycles. The van der Waals surface area contributed by atoms with Crippen LogP contribution in [0.4, 0.5) is 10.2 Å². The van der Waals surface area contributed by atoms with Gasteiger partial charge in [0.15, 0.2) is 11.6 Å². The molecule has 7 nitrogen and oxygen atoms in total. The monoisotopic (exact) mass is 446 g/mol. The molecule has 1 aromatic heterocycles. The zero-order valence-corrected chi connectivity index (χ0v) is 19.3. The Bertz CT molecular complexity index is 904. The molecule has 1 atom stereocenters. The maximum absolute atomic E-state index is 13.2. The van der Waals surface area contributed by atoms with Crippen LogP contribution >= 0.6 is 0 Å². The molecule has 2 rings (SSSR count). The van der Waals surface area contributed by atoms with Crippen LogP contribution in [0.2, 0.25) is 0 Å². The summed E-state index contributed by atoms with van der Waals surface area (Å²) in [4.78, 5) is 15.8. The number of likely N-dealkylation sites (N-methyl/N-ethyl adjacent to an activating group) is 1. The van der Waals surface area contributed by atoms with Crippen molar-refractivity contribution in [3.63, 3.8) is 0 Å². The summed E-state index contributed by atoms with van der Waals surface area (Å²) in [5.74, 6) is -0.698. The van der Waals surface area contributed by atoms with E-state index in [1.165, 1.54) is 18.2 Å². The van der Waals surface area contributed by atoms with E-state index in [-0.39, 0.29) is 23.2 Å². The van der Waals surface area contributed by atoms with Crippen molar-refractivity contribution in [3.05, 3.63) is 59.6 Å². The van der Waals surface area contributed by atoms with Crippen molar-refractivity contribution in [1.82, 2.24) is 9.88 Å². The second-order valence-electron chi connectivity index (χ2n) is 7.53. The highest BCUT2D eigenvalue weighted by Crippen LogP contribution is 2.28. The number of para-hydroxylation sites is 1.